The van der Waals surface area contributed by atoms with Gasteiger partial charge in [-0.15, -0.1) is 0 Å². The second-order valence-electron chi connectivity index (χ2n) is 6.53. The Morgan fingerprint density at radius 1 is 0.968 bits per heavy atom. The van der Waals surface area contributed by atoms with Crippen molar-refractivity contribution in [2.24, 2.45) is 0 Å². The van der Waals surface area contributed by atoms with Crippen LogP contribution in [0.2, 0.25) is 0 Å². The first-order chi connectivity index (χ1) is 15.1. The van der Waals surface area contributed by atoms with Crippen molar-refractivity contribution in [3.8, 4) is 17.6 Å². The summed E-state index contributed by atoms with van der Waals surface area (Å²) in [7, 11) is 1.45. The Morgan fingerprint density at radius 2 is 1.71 bits per heavy atom. The maximum Gasteiger partial charge on any atom is 0.262 e. The van der Waals surface area contributed by atoms with E-state index in [4.69, 9.17) is 14.7 Å². The van der Waals surface area contributed by atoms with Gasteiger partial charge in [0.2, 0.25) is 0 Å². The standard InChI is InChI=1S/C24H21N3O4/c1-30-22-13-18(14-25)11-12-21(22)31-16-23(28)27-20-10-6-5-9-19(20)24(29)26-15-17-7-3-2-4-8-17/h2-13H,15-16H2,1H3,(H,26,29)(H,27,28). The molecule has 3 aromatic carbocycles. The Hall–Kier alpha value is -4.31. The molecular weight excluding hydrogens is 394 g/mol. The van der Waals surface area contributed by atoms with Gasteiger partial charge in [-0.05, 0) is 29.8 Å². The van der Waals surface area contributed by atoms with Gasteiger partial charge in [-0.3, -0.25) is 9.59 Å². The minimum atomic E-state index is -0.435. The molecule has 0 saturated carbocycles. The van der Waals surface area contributed by atoms with E-state index >= 15 is 0 Å². The lowest BCUT2D eigenvalue weighted by molar-refractivity contribution is -0.118. The molecule has 156 valence electrons. The fraction of sp³-hybridized carbons (Fsp3) is 0.125. The number of anilines is 1. The molecule has 0 unspecified atom stereocenters. The van der Waals surface area contributed by atoms with Crippen molar-refractivity contribution in [3.63, 3.8) is 0 Å². The zero-order chi connectivity index (χ0) is 22.1. The third kappa shape index (κ3) is 5.84. The van der Waals surface area contributed by atoms with Gasteiger partial charge in [-0.2, -0.15) is 5.26 Å². The highest BCUT2D eigenvalue weighted by Crippen LogP contribution is 2.27. The molecule has 0 atom stereocenters. The number of benzene rings is 3. The van der Waals surface area contributed by atoms with Gasteiger partial charge >= 0.3 is 0 Å². The second kappa shape index (κ2) is 10.5. The smallest absolute Gasteiger partial charge is 0.262 e. The normalized spacial score (nSPS) is 9.94. The maximum atomic E-state index is 12.6. The van der Waals surface area contributed by atoms with E-state index < -0.39 is 5.91 Å². The van der Waals surface area contributed by atoms with Crippen molar-refractivity contribution in [3.05, 3.63) is 89.5 Å². The predicted octanol–water partition coefficient (Wildman–Crippen LogP) is 3.51. The number of methoxy groups -OCH3 is 1. The van der Waals surface area contributed by atoms with Crippen LogP contribution in [0.15, 0.2) is 72.8 Å². The van der Waals surface area contributed by atoms with Crippen molar-refractivity contribution in [2.45, 2.75) is 6.54 Å². The van der Waals surface area contributed by atoms with Crippen molar-refractivity contribution in [1.82, 2.24) is 5.32 Å². The molecule has 0 saturated heterocycles. The van der Waals surface area contributed by atoms with Gasteiger partial charge in [0.15, 0.2) is 18.1 Å². The summed E-state index contributed by atoms with van der Waals surface area (Å²) in [6, 6.07) is 23.0. The number of hydrogen-bond acceptors (Lipinski definition) is 5. The molecule has 3 aromatic rings. The van der Waals surface area contributed by atoms with Crippen molar-refractivity contribution in [1.29, 1.82) is 5.26 Å². The highest BCUT2D eigenvalue weighted by atomic mass is 16.5. The summed E-state index contributed by atoms with van der Waals surface area (Å²) in [4.78, 5) is 25.0. The summed E-state index contributed by atoms with van der Waals surface area (Å²) in [5.41, 5.74) is 2.13. The molecule has 0 fully saturated rings. The van der Waals surface area contributed by atoms with E-state index in [1.54, 1.807) is 36.4 Å². The predicted molar refractivity (Wildman–Crippen MR) is 116 cm³/mol. The molecule has 31 heavy (non-hydrogen) atoms. The summed E-state index contributed by atoms with van der Waals surface area (Å²) >= 11 is 0. The number of para-hydroxylation sites is 1. The largest absolute Gasteiger partial charge is 0.493 e. The molecule has 7 nitrogen and oxygen atoms in total. The molecule has 0 spiro atoms. The van der Waals surface area contributed by atoms with Crippen molar-refractivity contribution < 1.29 is 19.1 Å². The van der Waals surface area contributed by atoms with Crippen LogP contribution in [0.1, 0.15) is 21.5 Å². The molecule has 0 aliphatic carbocycles. The molecule has 2 amide bonds. The van der Waals surface area contributed by atoms with Gasteiger partial charge in [-0.25, -0.2) is 0 Å². The number of nitrogens with zero attached hydrogens (tertiary/aromatic N) is 1. The van der Waals surface area contributed by atoms with Crippen LogP contribution < -0.4 is 20.1 Å². The number of amides is 2. The summed E-state index contributed by atoms with van der Waals surface area (Å²) in [5.74, 6) is -0.0396. The van der Waals surface area contributed by atoms with E-state index in [1.165, 1.54) is 13.2 Å². The van der Waals surface area contributed by atoms with Gasteiger partial charge in [0.05, 0.1) is 30.0 Å². The first kappa shape index (κ1) is 21.4. The Labute approximate surface area is 180 Å². The molecule has 0 heterocycles. The van der Waals surface area contributed by atoms with E-state index in [0.717, 1.165) is 5.56 Å². The monoisotopic (exact) mass is 415 g/mol. The minimum absolute atomic E-state index is 0.289. The number of nitrogens with one attached hydrogen (secondary N) is 2. The Morgan fingerprint density at radius 3 is 2.45 bits per heavy atom. The SMILES string of the molecule is COc1cc(C#N)ccc1OCC(=O)Nc1ccccc1C(=O)NCc1ccccc1. The molecule has 0 aromatic heterocycles. The van der Waals surface area contributed by atoms with Crippen LogP contribution in [0.5, 0.6) is 11.5 Å². The van der Waals surface area contributed by atoms with E-state index in [9.17, 15) is 9.59 Å². The molecule has 0 aliphatic heterocycles. The van der Waals surface area contributed by atoms with Gasteiger partial charge in [-0.1, -0.05) is 42.5 Å². The first-order valence-electron chi connectivity index (χ1n) is 9.52. The fourth-order valence-corrected chi connectivity index (χ4v) is 2.85. The number of carbonyl (C=O) groups is 2. The molecule has 7 heteroatoms. The van der Waals surface area contributed by atoms with Crippen LogP contribution in [0.4, 0.5) is 5.69 Å². The molecule has 0 bridgehead atoms. The number of nitriles is 1. The van der Waals surface area contributed by atoms with E-state index in [0.29, 0.717) is 34.9 Å². The lowest BCUT2D eigenvalue weighted by atomic mass is 10.1. The summed E-state index contributed by atoms with van der Waals surface area (Å²) in [6.07, 6.45) is 0. The Kier molecular flexibility index (Phi) is 7.22. The first-order valence-corrected chi connectivity index (χ1v) is 9.52. The van der Waals surface area contributed by atoms with Crippen molar-refractivity contribution in [2.75, 3.05) is 19.0 Å². The van der Waals surface area contributed by atoms with Crippen molar-refractivity contribution >= 4 is 17.5 Å². The lowest BCUT2D eigenvalue weighted by Crippen LogP contribution is -2.26. The minimum Gasteiger partial charge on any atom is -0.493 e. The van der Waals surface area contributed by atoms with Crippen LogP contribution in [-0.2, 0) is 11.3 Å². The maximum absolute atomic E-state index is 12.6. The molecule has 2 N–H and O–H groups in total. The number of ether oxygens (including phenoxy) is 2. The van der Waals surface area contributed by atoms with Crippen LogP contribution >= 0.6 is 0 Å². The summed E-state index contributed by atoms with van der Waals surface area (Å²) < 4.78 is 10.7. The molecule has 0 aliphatic rings. The third-order valence-electron chi connectivity index (χ3n) is 4.39. The van der Waals surface area contributed by atoms with E-state index in [2.05, 4.69) is 10.6 Å². The number of rotatable bonds is 8. The quantitative estimate of drug-likeness (QED) is 0.586. The van der Waals surface area contributed by atoms with Gasteiger partial charge in [0.25, 0.3) is 11.8 Å². The van der Waals surface area contributed by atoms with Crippen LogP contribution in [-0.4, -0.2) is 25.5 Å². The second-order valence-corrected chi connectivity index (χ2v) is 6.53. The molecule has 0 radical (unpaired) electrons. The summed E-state index contributed by atoms with van der Waals surface area (Å²) in [5, 5.41) is 14.5. The number of hydrogen-bond donors (Lipinski definition) is 2. The van der Waals surface area contributed by atoms with E-state index in [-0.39, 0.29) is 12.5 Å². The van der Waals surface area contributed by atoms with Gasteiger partial charge in [0.1, 0.15) is 0 Å². The van der Waals surface area contributed by atoms with Gasteiger partial charge in [0, 0.05) is 12.6 Å². The zero-order valence-corrected chi connectivity index (χ0v) is 16.9. The highest BCUT2D eigenvalue weighted by molar-refractivity contribution is 6.04. The fourth-order valence-electron chi connectivity index (χ4n) is 2.85. The molecule has 3 rings (SSSR count). The third-order valence-corrected chi connectivity index (χ3v) is 4.39. The van der Waals surface area contributed by atoms with E-state index in [1.807, 2.05) is 36.4 Å². The highest BCUT2D eigenvalue weighted by Gasteiger charge is 2.14. The summed E-state index contributed by atoms with van der Waals surface area (Å²) in [6.45, 7) is 0.0891. The number of carbonyl (C=O) groups excluding carboxylic acids is 2. The Bertz CT molecular complexity index is 1110. The Balaban J connectivity index is 1.62. The lowest BCUT2D eigenvalue weighted by Gasteiger charge is -2.13. The van der Waals surface area contributed by atoms with Crippen LogP contribution in [0, 0.1) is 11.3 Å². The average Bonchev–Trinajstić information content (AvgIpc) is 2.82. The van der Waals surface area contributed by atoms with Crippen LogP contribution in [0.3, 0.4) is 0 Å². The van der Waals surface area contributed by atoms with Gasteiger partial charge < -0.3 is 20.1 Å². The zero-order valence-electron chi connectivity index (χ0n) is 16.9. The molecular formula is C24H21N3O4. The topological polar surface area (TPSA) is 100 Å². The average molecular weight is 415 g/mol. The van der Waals surface area contributed by atoms with Crippen LogP contribution in [0.25, 0.3) is 0 Å².